The minimum Gasteiger partial charge on any atom is -0.468 e. The Morgan fingerprint density at radius 1 is 0.651 bits per heavy atom. The summed E-state index contributed by atoms with van der Waals surface area (Å²) in [6.07, 6.45) is -2.25. The number of esters is 3. The first-order chi connectivity index (χ1) is 19.8. The van der Waals surface area contributed by atoms with E-state index in [4.69, 9.17) is 14.2 Å². The Bertz CT molecular complexity index is 994. The van der Waals surface area contributed by atoms with Crippen LogP contribution in [0.15, 0.2) is 0 Å². The summed E-state index contributed by atoms with van der Waals surface area (Å²) in [5.74, 6) is -3.88. The zero-order valence-corrected chi connectivity index (χ0v) is 26.9. The second kappa shape index (κ2) is 18.7. The zero-order chi connectivity index (χ0) is 33.4. The van der Waals surface area contributed by atoms with Crippen molar-refractivity contribution in [3.8, 4) is 0 Å². The van der Waals surface area contributed by atoms with Gasteiger partial charge >= 0.3 is 30.1 Å². The number of amides is 4. The number of thioether (sulfide) groups is 1. The maximum atomic E-state index is 12.8. The molecule has 0 aliphatic carbocycles. The van der Waals surface area contributed by atoms with Gasteiger partial charge in [0.2, 0.25) is 11.8 Å². The molecule has 0 aromatic carbocycles. The Hall–Kier alpha value is -3.76. The van der Waals surface area contributed by atoms with E-state index in [2.05, 4.69) is 30.7 Å². The lowest BCUT2D eigenvalue weighted by Gasteiger charge is -2.23. The number of hydrogen-bond acceptors (Lipinski definition) is 13. The van der Waals surface area contributed by atoms with E-state index in [0.717, 1.165) is 33.1 Å². The fourth-order valence-corrected chi connectivity index (χ4v) is 4.05. The van der Waals surface area contributed by atoms with E-state index in [9.17, 15) is 33.6 Å². The number of carbonyl (C=O) groups is 7. The van der Waals surface area contributed by atoms with Crippen molar-refractivity contribution in [3.63, 3.8) is 0 Å². The van der Waals surface area contributed by atoms with Gasteiger partial charge in [0, 0.05) is 17.9 Å². The minimum absolute atomic E-state index is 0.0627. The van der Waals surface area contributed by atoms with Gasteiger partial charge in [0.15, 0.2) is 0 Å². The van der Waals surface area contributed by atoms with Crippen molar-refractivity contribution < 1.29 is 57.2 Å². The van der Waals surface area contributed by atoms with Gasteiger partial charge in [-0.1, -0.05) is 0 Å². The summed E-state index contributed by atoms with van der Waals surface area (Å²) in [4.78, 5) is 85.7. The lowest BCUT2D eigenvalue weighted by atomic mass is 10.1. The summed E-state index contributed by atoms with van der Waals surface area (Å²) in [5.41, 5.74) is -1.65. The molecule has 4 amide bonds. The molecule has 0 heterocycles. The number of hydrogen-bond donors (Lipinski definition) is 4. The second-order valence-corrected chi connectivity index (χ2v) is 12.0. The normalized spacial score (nSPS) is 13.2. The fourth-order valence-electron chi connectivity index (χ4n) is 2.98. The number of alkyl carbamates (subject to hydrolysis) is 2. The van der Waals surface area contributed by atoms with E-state index >= 15 is 0 Å². The molecule has 0 saturated heterocycles. The van der Waals surface area contributed by atoms with E-state index in [0.29, 0.717) is 0 Å². The van der Waals surface area contributed by atoms with Crippen LogP contribution < -0.4 is 21.3 Å². The fraction of sp³-hybridized carbons (Fsp3) is 0.731. The van der Waals surface area contributed by atoms with Crippen LogP contribution in [0.25, 0.3) is 0 Å². The molecule has 0 aromatic heterocycles. The summed E-state index contributed by atoms with van der Waals surface area (Å²) in [7, 11) is 3.39. The Balaban J connectivity index is 5.47. The predicted octanol–water partition coefficient (Wildman–Crippen LogP) is 0.406. The third-order valence-corrected chi connectivity index (χ3v) is 6.01. The van der Waals surface area contributed by atoms with Crippen LogP contribution in [0, 0.1) is 0 Å². The molecule has 0 bridgehead atoms. The first-order valence-corrected chi connectivity index (χ1v) is 14.3. The van der Waals surface area contributed by atoms with Crippen molar-refractivity contribution >= 4 is 53.7 Å². The van der Waals surface area contributed by atoms with Crippen LogP contribution in [0.5, 0.6) is 0 Å². The Kier molecular flexibility index (Phi) is 17.1. The monoisotopic (exact) mass is 636 g/mol. The molecule has 0 saturated carbocycles. The zero-order valence-electron chi connectivity index (χ0n) is 26.1. The van der Waals surface area contributed by atoms with E-state index in [1.165, 1.54) is 0 Å². The van der Waals surface area contributed by atoms with Gasteiger partial charge in [0.1, 0.15) is 35.9 Å². The molecule has 246 valence electrons. The molecule has 0 rings (SSSR count). The van der Waals surface area contributed by atoms with Crippen LogP contribution in [0.1, 0.15) is 54.4 Å². The molecule has 0 aliphatic heterocycles. The molecule has 0 fully saturated rings. The summed E-state index contributed by atoms with van der Waals surface area (Å²) in [6, 6.07) is -3.57. The molecule has 3 atom stereocenters. The highest BCUT2D eigenvalue weighted by molar-refractivity contribution is 7.99. The van der Waals surface area contributed by atoms with Crippen molar-refractivity contribution in [3.05, 3.63) is 0 Å². The third kappa shape index (κ3) is 18.4. The quantitative estimate of drug-likeness (QED) is 0.142. The van der Waals surface area contributed by atoms with Crippen LogP contribution in [-0.2, 0) is 47.7 Å². The first-order valence-electron chi connectivity index (χ1n) is 13.2. The van der Waals surface area contributed by atoms with Gasteiger partial charge in [-0.2, -0.15) is 11.8 Å². The average Bonchev–Trinajstić information content (AvgIpc) is 2.89. The Morgan fingerprint density at radius 3 is 1.58 bits per heavy atom. The molecule has 0 unspecified atom stereocenters. The van der Waals surface area contributed by atoms with E-state index in [1.54, 1.807) is 41.5 Å². The largest absolute Gasteiger partial charge is 0.468 e. The molecule has 17 heteroatoms. The van der Waals surface area contributed by atoms with Crippen LogP contribution in [0.3, 0.4) is 0 Å². The lowest BCUT2D eigenvalue weighted by molar-refractivity contribution is -0.144. The van der Waals surface area contributed by atoms with Gasteiger partial charge in [-0.3, -0.25) is 14.4 Å². The number of rotatable bonds is 15. The van der Waals surface area contributed by atoms with E-state index in [1.807, 2.05) is 0 Å². The van der Waals surface area contributed by atoms with Gasteiger partial charge in [0.05, 0.1) is 21.3 Å². The third-order valence-electron chi connectivity index (χ3n) is 4.87. The SMILES string of the molecule is COC(=O)CNC(=O)[C@@H](CSC[C@H](NC(=O)OC(C)(C)C)C(=O)OC)NC(=O)CC[C@@H](NC(=O)OC(C)(C)C)C(=O)OC. The smallest absolute Gasteiger partial charge is 0.408 e. The molecule has 16 nitrogen and oxygen atoms in total. The van der Waals surface area contributed by atoms with Gasteiger partial charge in [-0.05, 0) is 48.0 Å². The van der Waals surface area contributed by atoms with Crippen molar-refractivity contribution in [2.24, 2.45) is 0 Å². The van der Waals surface area contributed by atoms with Gasteiger partial charge in [0.25, 0.3) is 0 Å². The second-order valence-electron chi connectivity index (χ2n) is 10.9. The average molecular weight is 637 g/mol. The summed E-state index contributed by atoms with van der Waals surface area (Å²) >= 11 is 1.02. The van der Waals surface area contributed by atoms with Crippen molar-refractivity contribution in [1.82, 2.24) is 21.3 Å². The van der Waals surface area contributed by atoms with Crippen molar-refractivity contribution in [2.45, 2.75) is 83.7 Å². The Labute approximate surface area is 255 Å². The number of nitrogens with one attached hydrogen (secondary N) is 4. The minimum atomic E-state index is -1.22. The summed E-state index contributed by atoms with van der Waals surface area (Å²) in [6.45, 7) is 9.38. The van der Waals surface area contributed by atoms with Crippen molar-refractivity contribution in [2.75, 3.05) is 39.4 Å². The van der Waals surface area contributed by atoms with Gasteiger partial charge in [-0.15, -0.1) is 0 Å². The highest BCUT2D eigenvalue weighted by Gasteiger charge is 2.29. The first kappa shape index (κ1) is 39.2. The maximum Gasteiger partial charge on any atom is 0.408 e. The predicted molar refractivity (Wildman–Crippen MR) is 154 cm³/mol. The van der Waals surface area contributed by atoms with Crippen LogP contribution in [-0.4, -0.2) is 111 Å². The molecule has 4 N–H and O–H groups in total. The van der Waals surface area contributed by atoms with Crippen LogP contribution >= 0.6 is 11.8 Å². The maximum absolute atomic E-state index is 12.8. The van der Waals surface area contributed by atoms with Crippen LogP contribution in [0.4, 0.5) is 9.59 Å². The summed E-state index contributed by atoms with van der Waals surface area (Å²) in [5, 5.41) is 9.59. The number of ether oxygens (including phenoxy) is 5. The lowest BCUT2D eigenvalue weighted by Crippen LogP contribution is -2.50. The van der Waals surface area contributed by atoms with Gasteiger partial charge < -0.3 is 45.0 Å². The molecule has 0 aromatic rings. The molecule has 0 aliphatic rings. The number of methoxy groups -OCH3 is 3. The highest BCUT2D eigenvalue weighted by atomic mass is 32.2. The molecule has 0 spiro atoms. The molecular formula is C26H44N4O12S. The summed E-state index contributed by atoms with van der Waals surface area (Å²) < 4.78 is 24.2. The number of carbonyl (C=O) groups excluding carboxylic acids is 7. The molecule has 0 radical (unpaired) electrons. The molecular weight excluding hydrogens is 592 g/mol. The van der Waals surface area contributed by atoms with Crippen molar-refractivity contribution in [1.29, 1.82) is 0 Å². The van der Waals surface area contributed by atoms with E-state index < -0.39 is 77.8 Å². The van der Waals surface area contributed by atoms with Crippen LogP contribution in [0.2, 0.25) is 0 Å². The van der Waals surface area contributed by atoms with E-state index in [-0.39, 0.29) is 24.3 Å². The standard InChI is InChI=1S/C26H44N4O12S/c1-25(2,3)41-23(36)29-15(21(34)39-8)10-11-18(31)28-16(20(33)27-12-19(32)38-7)13-43-14-17(22(35)40-9)30-24(37)42-26(4,5)6/h15-17H,10-14H2,1-9H3,(H,27,33)(H,28,31)(H,29,36)(H,30,37)/t15-,16-,17+/m1/s1. The highest BCUT2D eigenvalue weighted by Crippen LogP contribution is 2.12. The molecule has 43 heavy (non-hydrogen) atoms. The van der Waals surface area contributed by atoms with Gasteiger partial charge in [-0.25, -0.2) is 19.2 Å². The topological polar surface area (TPSA) is 214 Å². The Morgan fingerprint density at radius 2 is 1.12 bits per heavy atom.